The zero-order valence-electron chi connectivity index (χ0n) is 13.5. The van der Waals surface area contributed by atoms with Gasteiger partial charge in [0.05, 0.1) is 17.8 Å². The number of nitriles is 1. The second kappa shape index (κ2) is 9.53. The Morgan fingerprint density at radius 2 is 1.96 bits per heavy atom. The maximum atomic E-state index is 11.7. The van der Waals surface area contributed by atoms with Crippen molar-refractivity contribution in [1.82, 2.24) is 5.43 Å². The summed E-state index contributed by atoms with van der Waals surface area (Å²) >= 11 is 0. The largest absolute Gasteiger partial charge is 0.489 e. The Morgan fingerprint density at radius 1 is 1.20 bits per heavy atom. The van der Waals surface area contributed by atoms with Crippen molar-refractivity contribution in [3.63, 3.8) is 0 Å². The molecule has 2 aromatic rings. The van der Waals surface area contributed by atoms with Crippen LogP contribution in [0.4, 0.5) is 0 Å². The van der Waals surface area contributed by atoms with Gasteiger partial charge in [-0.05, 0) is 36.4 Å². The molecular weight excluding hydrogens is 318 g/mol. The monoisotopic (exact) mass is 335 g/mol. The lowest BCUT2D eigenvalue weighted by Gasteiger charge is -2.06. The van der Waals surface area contributed by atoms with E-state index in [1.165, 1.54) is 6.21 Å². The fourth-order valence-electron chi connectivity index (χ4n) is 1.85. The number of ether oxygens (including phenoxy) is 2. The molecule has 0 unspecified atom stereocenters. The third-order valence-corrected chi connectivity index (χ3v) is 3.02. The van der Waals surface area contributed by atoms with E-state index in [0.29, 0.717) is 23.7 Å². The Balaban J connectivity index is 1.84. The smallest absolute Gasteiger partial charge is 0.277 e. The zero-order chi connectivity index (χ0) is 17.9. The van der Waals surface area contributed by atoms with Crippen LogP contribution in [-0.4, -0.2) is 25.3 Å². The number of amides is 1. The maximum absolute atomic E-state index is 11.7. The molecular formula is C19H17N3O3. The number of nitrogens with zero attached hydrogens (tertiary/aromatic N) is 2. The zero-order valence-corrected chi connectivity index (χ0v) is 13.5. The molecule has 0 saturated carbocycles. The number of hydrogen-bond acceptors (Lipinski definition) is 5. The lowest BCUT2D eigenvalue weighted by Crippen LogP contribution is -2.24. The second-order valence-corrected chi connectivity index (χ2v) is 4.86. The molecule has 0 aromatic heterocycles. The molecule has 1 N–H and O–H groups in total. The third kappa shape index (κ3) is 5.84. The van der Waals surface area contributed by atoms with E-state index in [1.54, 1.807) is 36.4 Å². The molecule has 6 heteroatoms. The lowest BCUT2D eigenvalue weighted by molar-refractivity contribution is -0.123. The van der Waals surface area contributed by atoms with Crippen LogP contribution >= 0.6 is 0 Å². The van der Waals surface area contributed by atoms with Crippen molar-refractivity contribution >= 4 is 12.1 Å². The van der Waals surface area contributed by atoms with Gasteiger partial charge in [0, 0.05) is 5.56 Å². The normalized spacial score (nSPS) is 10.0. The Kier molecular flexibility index (Phi) is 6.77. The topological polar surface area (TPSA) is 83.7 Å². The van der Waals surface area contributed by atoms with E-state index in [0.717, 1.165) is 5.56 Å². The van der Waals surface area contributed by atoms with E-state index in [4.69, 9.17) is 14.7 Å². The number of nitrogens with one attached hydrogen (secondary N) is 1. The first-order chi connectivity index (χ1) is 12.2. The molecule has 25 heavy (non-hydrogen) atoms. The van der Waals surface area contributed by atoms with Gasteiger partial charge in [0.25, 0.3) is 5.91 Å². The van der Waals surface area contributed by atoms with Gasteiger partial charge in [0.2, 0.25) is 0 Å². The van der Waals surface area contributed by atoms with Crippen LogP contribution in [0.15, 0.2) is 66.3 Å². The molecule has 0 heterocycles. The number of hydrazone groups is 1. The average molecular weight is 335 g/mol. The molecule has 0 aliphatic rings. The number of carbonyl (C=O) groups is 1. The van der Waals surface area contributed by atoms with Gasteiger partial charge in [0.1, 0.15) is 18.1 Å². The summed E-state index contributed by atoms with van der Waals surface area (Å²) in [4.78, 5) is 11.7. The van der Waals surface area contributed by atoms with Crippen molar-refractivity contribution in [3.8, 4) is 17.6 Å². The summed E-state index contributed by atoms with van der Waals surface area (Å²) in [6.45, 7) is 3.80. The molecule has 2 rings (SSSR count). The summed E-state index contributed by atoms with van der Waals surface area (Å²) in [5, 5.41) is 12.6. The first kappa shape index (κ1) is 17.8. The summed E-state index contributed by atoms with van der Waals surface area (Å²) in [7, 11) is 0. The molecule has 0 bridgehead atoms. The fourth-order valence-corrected chi connectivity index (χ4v) is 1.85. The molecule has 0 saturated heterocycles. The van der Waals surface area contributed by atoms with Gasteiger partial charge in [-0.15, -0.1) is 0 Å². The van der Waals surface area contributed by atoms with Gasteiger partial charge in [-0.3, -0.25) is 4.79 Å². The summed E-state index contributed by atoms with van der Waals surface area (Å²) in [5.74, 6) is 0.751. The average Bonchev–Trinajstić information content (AvgIpc) is 2.66. The Labute approximate surface area is 146 Å². The molecule has 0 spiro atoms. The van der Waals surface area contributed by atoms with E-state index < -0.39 is 5.91 Å². The Hall–Kier alpha value is -3.59. The van der Waals surface area contributed by atoms with Crippen molar-refractivity contribution in [2.24, 2.45) is 5.10 Å². The van der Waals surface area contributed by atoms with Crippen LogP contribution in [-0.2, 0) is 4.79 Å². The minimum Gasteiger partial charge on any atom is -0.489 e. The maximum Gasteiger partial charge on any atom is 0.277 e. The number of hydrogen-bond donors (Lipinski definition) is 1. The molecule has 0 aliphatic carbocycles. The van der Waals surface area contributed by atoms with Crippen molar-refractivity contribution in [2.75, 3.05) is 13.2 Å². The van der Waals surface area contributed by atoms with Crippen LogP contribution in [0.2, 0.25) is 0 Å². The Morgan fingerprint density at radius 3 is 2.68 bits per heavy atom. The van der Waals surface area contributed by atoms with Crippen molar-refractivity contribution in [2.45, 2.75) is 0 Å². The van der Waals surface area contributed by atoms with E-state index in [9.17, 15) is 4.79 Å². The highest BCUT2D eigenvalue weighted by molar-refractivity contribution is 5.85. The van der Waals surface area contributed by atoms with Gasteiger partial charge in [-0.25, -0.2) is 5.43 Å². The van der Waals surface area contributed by atoms with Crippen LogP contribution < -0.4 is 14.9 Å². The molecule has 0 atom stereocenters. The molecule has 1 amide bonds. The Bertz CT molecular complexity index is 792. The van der Waals surface area contributed by atoms with E-state index in [-0.39, 0.29) is 6.61 Å². The van der Waals surface area contributed by atoms with Crippen LogP contribution in [0.25, 0.3) is 0 Å². The quantitative estimate of drug-likeness (QED) is 0.457. The molecule has 0 fully saturated rings. The highest BCUT2D eigenvalue weighted by atomic mass is 16.5. The van der Waals surface area contributed by atoms with Gasteiger partial charge in [-0.1, -0.05) is 24.8 Å². The van der Waals surface area contributed by atoms with Crippen molar-refractivity contribution in [1.29, 1.82) is 5.26 Å². The number of benzene rings is 2. The number of rotatable bonds is 8. The first-order valence-electron chi connectivity index (χ1n) is 7.50. The molecule has 2 aromatic carbocycles. The van der Waals surface area contributed by atoms with Crippen molar-refractivity contribution in [3.05, 3.63) is 72.3 Å². The van der Waals surface area contributed by atoms with Gasteiger partial charge >= 0.3 is 0 Å². The second-order valence-electron chi connectivity index (χ2n) is 4.86. The minimum atomic E-state index is -0.398. The number of para-hydroxylation sites is 1. The van der Waals surface area contributed by atoms with Gasteiger partial charge in [0.15, 0.2) is 6.61 Å². The third-order valence-electron chi connectivity index (χ3n) is 3.02. The SMILES string of the molecule is C=CCOc1ccccc1/C=N\NC(=O)COc1ccc(C#N)cc1. The van der Waals surface area contributed by atoms with Crippen LogP contribution in [0.1, 0.15) is 11.1 Å². The predicted molar refractivity (Wildman–Crippen MR) is 94.5 cm³/mol. The molecule has 6 nitrogen and oxygen atoms in total. The summed E-state index contributed by atoms with van der Waals surface area (Å²) in [6.07, 6.45) is 3.15. The lowest BCUT2D eigenvalue weighted by atomic mass is 10.2. The summed E-state index contributed by atoms with van der Waals surface area (Å²) in [5.41, 5.74) is 3.65. The fraction of sp³-hybridized carbons (Fsp3) is 0.105. The first-order valence-corrected chi connectivity index (χ1v) is 7.50. The van der Waals surface area contributed by atoms with Crippen LogP contribution in [0.5, 0.6) is 11.5 Å². The summed E-state index contributed by atoms with van der Waals surface area (Å²) < 4.78 is 10.8. The highest BCUT2D eigenvalue weighted by Crippen LogP contribution is 2.15. The molecule has 126 valence electrons. The van der Waals surface area contributed by atoms with E-state index in [1.807, 2.05) is 24.3 Å². The summed E-state index contributed by atoms with van der Waals surface area (Å²) in [6, 6.07) is 15.8. The van der Waals surface area contributed by atoms with Crippen molar-refractivity contribution < 1.29 is 14.3 Å². The van der Waals surface area contributed by atoms with Gasteiger partial charge < -0.3 is 9.47 Å². The van der Waals surface area contributed by atoms with E-state index >= 15 is 0 Å². The van der Waals surface area contributed by atoms with E-state index in [2.05, 4.69) is 17.1 Å². The highest BCUT2D eigenvalue weighted by Gasteiger charge is 2.03. The standard InChI is InChI=1S/C19H17N3O3/c1-2-11-24-18-6-4-3-5-16(18)13-21-22-19(23)14-25-17-9-7-15(12-20)8-10-17/h2-10,13H,1,11,14H2,(H,22,23)/b21-13-. The molecule has 0 aliphatic heterocycles. The minimum absolute atomic E-state index is 0.183. The van der Waals surface area contributed by atoms with Gasteiger partial charge in [-0.2, -0.15) is 10.4 Å². The molecule has 0 radical (unpaired) electrons. The van der Waals surface area contributed by atoms with Crippen LogP contribution in [0.3, 0.4) is 0 Å². The number of carbonyl (C=O) groups excluding carboxylic acids is 1. The predicted octanol–water partition coefficient (Wildman–Crippen LogP) is 2.65. The van der Waals surface area contributed by atoms with Crippen LogP contribution in [0, 0.1) is 11.3 Å².